The molecule has 4 aromatic rings. The number of halogens is 4. The normalized spacial score (nSPS) is 13.2. The van der Waals surface area contributed by atoms with Crippen molar-refractivity contribution in [1.82, 2.24) is 10.1 Å². The number of aromatic nitrogens is 2. The third-order valence-corrected chi connectivity index (χ3v) is 6.66. The number of hydrogen-bond acceptors (Lipinski definition) is 4. The van der Waals surface area contributed by atoms with E-state index in [4.69, 9.17) is 4.52 Å². The lowest BCUT2D eigenvalue weighted by Gasteiger charge is -2.14. The average molecular weight is 524 g/mol. The van der Waals surface area contributed by atoms with Crippen LogP contribution in [0.3, 0.4) is 0 Å². The molecule has 0 saturated carbocycles. The van der Waals surface area contributed by atoms with Crippen molar-refractivity contribution >= 4 is 33.9 Å². The predicted octanol–water partition coefficient (Wildman–Crippen LogP) is 6.85. The largest absolute Gasteiger partial charge is 0.422 e. The van der Waals surface area contributed by atoms with Crippen LogP contribution in [0.15, 0.2) is 53.1 Å². The zero-order chi connectivity index (χ0) is 20.2. The summed E-state index contributed by atoms with van der Waals surface area (Å²) in [6, 6.07) is 14.4. The fourth-order valence-electron chi connectivity index (χ4n) is 3.56. The Bertz CT molecular complexity index is 1210. The van der Waals surface area contributed by atoms with Crippen LogP contribution in [0.2, 0.25) is 0 Å². The van der Waals surface area contributed by atoms with Crippen LogP contribution in [0.5, 0.6) is 0 Å². The molecular weight excluding hydrogens is 512 g/mol. The lowest BCUT2D eigenvalue weighted by Crippen LogP contribution is -2.07. The maximum atomic E-state index is 14.0. The van der Waals surface area contributed by atoms with Crippen LogP contribution < -0.4 is 0 Å². The first kappa shape index (κ1) is 18.8. The van der Waals surface area contributed by atoms with E-state index < -0.39 is 11.7 Å². The Kier molecular flexibility index (Phi) is 4.50. The van der Waals surface area contributed by atoms with E-state index in [2.05, 4.69) is 38.8 Å². The van der Waals surface area contributed by atoms with E-state index in [1.165, 1.54) is 16.9 Å². The van der Waals surface area contributed by atoms with E-state index in [1.54, 1.807) is 30.3 Å². The summed E-state index contributed by atoms with van der Waals surface area (Å²) in [7, 11) is 0. The first-order valence-electron chi connectivity index (χ1n) is 8.83. The van der Waals surface area contributed by atoms with Crippen molar-refractivity contribution in [2.45, 2.75) is 19.0 Å². The zero-order valence-electron chi connectivity index (χ0n) is 14.8. The first-order chi connectivity index (χ1) is 13.9. The van der Waals surface area contributed by atoms with E-state index in [1.807, 2.05) is 12.1 Å². The van der Waals surface area contributed by atoms with Crippen LogP contribution in [0, 0.1) is 3.57 Å². The molecule has 2 heterocycles. The molecular formula is C21H12F3IN2OS. The fourth-order valence-corrected chi connectivity index (χ4v) is 5.28. The van der Waals surface area contributed by atoms with Crippen LogP contribution >= 0.6 is 33.9 Å². The van der Waals surface area contributed by atoms with E-state index in [0.717, 1.165) is 26.1 Å². The van der Waals surface area contributed by atoms with Crippen molar-refractivity contribution in [3.8, 4) is 32.5 Å². The molecule has 1 aliphatic carbocycles. The Labute approximate surface area is 181 Å². The number of thiazole rings is 1. The Balaban J connectivity index is 1.67. The first-order valence-corrected chi connectivity index (χ1v) is 10.7. The summed E-state index contributed by atoms with van der Waals surface area (Å²) >= 11 is 3.49. The minimum absolute atomic E-state index is 0.211. The lowest BCUT2D eigenvalue weighted by atomic mass is 9.94. The van der Waals surface area contributed by atoms with Gasteiger partial charge in [0.2, 0.25) is 5.76 Å². The molecule has 0 unspecified atom stereocenters. The molecule has 0 spiro atoms. The number of nitrogens with zero attached hydrogens (tertiary/aromatic N) is 2. The minimum Gasteiger partial charge on any atom is -0.352 e. The molecule has 2 aromatic heterocycles. The monoisotopic (exact) mass is 524 g/mol. The molecule has 0 atom stereocenters. The standard InChI is InChI=1S/C21H12F3IN2OS/c22-21(23,24)16-17(11-4-2-1-3-5-11)27-28-18(16)20-26-15-9-6-12-10-13(25)7-8-14(12)19(15)29-20/h1-5,7-8,10H,6,9H2. The van der Waals surface area contributed by atoms with Crippen molar-refractivity contribution in [3.05, 3.63) is 68.9 Å². The molecule has 0 saturated heterocycles. The Morgan fingerprint density at radius 3 is 2.59 bits per heavy atom. The number of alkyl halides is 3. The van der Waals surface area contributed by atoms with Gasteiger partial charge in [0.1, 0.15) is 11.3 Å². The Morgan fingerprint density at radius 2 is 1.83 bits per heavy atom. The number of hydrogen-bond donors (Lipinski definition) is 0. The van der Waals surface area contributed by atoms with E-state index in [-0.39, 0.29) is 16.5 Å². The van der Waals surface area contributed by atoms with Gasteiger partial charge in [-0.1, -0.05) is 41.6 Å². The highest BCUT2D eigenvalue weighted by Gasteiger charge is 2.42. The highest BCUT2D eigenvalue weighted by molar-refractivity contribution is 14.1. The summed E-state index contributed by atoms with van der Waals surface area (Å²) in [5.41, 5.74) is 2.30. The van der Waals surface area contributed by atoms with Gasteiger partial charge >= 0.3 is 6.18 Å². The molecule has 146 valence electrons. The minimum atomic E-state index is -4.61. The molecule has 29 heavy (non-hydrogen) atoms. The number of benzene rings is 2. The number of fused-ring (bicyclic) bond motifs is 3. The molecule has 0 N–H and O–H groups in total. The topological polar surface area (TPSA) is 38.9 Å². The predicted molar refractivity (Wildman–Crippen MR) is 114 cm³/mol. The van der Waals surface area contributed by atoms with Gasteiger partial charge in [-0.05, 0) is 58.7 Å². The molecule has 3 nitrogen and oxygen atoms in total. The van der Waals surface area contributed by atoms with E-state index in [0.29, 0.717) is 12.0 Å². The summed E-state index contributed by atoms with van der Waals surface area (Å²) in [6.45, 7) is 0. The Morgan fingerprint density at radius 1 is 1.03 bits per heavy atom. The van der Waals surface area contributed by atoms with Crippen molar-refractivity contribution in [1.29, 1.82) is 0 Å². The molecule has 2 aromatic carbocycles. The summed E-state index contributed by atoms with van der Waals surface area (Å²) in [5, 5.41) is 3.97. The van der Waals surface area contributed by atoms with Gasteiger partial charge in [0.25, 0.3) is 0 Å². The quantitative estimate of drug-likeness (QED) is 0.269. The summed E-state index contributed by atoms with van der Waals surface area (Å²) in [4.78, 5) is 5.41. The summed E-state index contributed by atoms with van der Waals surface area (Å²) in [5.74, 6) is -0.317. The highest BCUT2D eigenvalue weighted by atomic mass is 127. The van der Waals surface area contributed by atoms with Gasteiger partial charge in [-0.2, -0.15) is 13.2 Å². The number of rotatable bonds is 2. The van der Waals surface area contributed by atoms with Gasteiger partial charge in [-0.15, -0.1) is 11.3 Å². The number of aryl methyl sites for hydroxylation is 2. The molecule has 0 amide bonds. The van der Waals surface area contributed by atoms with Crippen molar-refractivity contribution in [2.75, 3.05) is 0 Å². The van der Waals surface area contributed by atoms with Crippen molar-refractivity contribution < 1.29 is 17.7 Å². The van der Waals surface area contributed by atoms with Crippen LogP contribution in [0.4, 0.5) is 13.2 Å². The second kappa shape index (κ2) is 6.94. The van der Waals surface area contributed by atoms with Crippen molar-refractivity contribution in [2.24, 2.45) is 0 Å². The van der Waals surface area contributed by atoms with Crippen LogP contribution in [-0.2, 0) is 19.0 Å². The maximum absolute atomic E-state index is 14.0. The van der Waals surface area contributed by atoms with Gasteiger partial charge in [-0.3, -0.25) is 0 Å². The third-order valence-electron chi connectivity index (χ3n) is 4.86. The Hall–Kier alpha value is -2.20. The van der Waals surface area contributed by atoms with Crippen LogP contribution in [0.1, 0.15) is 16.8 Å². The van der Waals surface area contributed by atoms with Gasteiger partial charge in [0.05, 0.1) is 10.6 Å². The van der Waals surface area contributed by atoms with E-state index >= 15 is 0 Å². The summed E-state index contributed by atoms with van der Waals surface area (Å²) < 4.78 is 48.2. The molecule has 0 aliphatic heterocycles. The molecule has 0 fully saturated rings. The average Bonchev–Trinajstić information content (AvgIpc) is 3.32. The zero-order valence-corrected chi connectivity index (χ0v) is 17.7. The lowest BCUT2D eigenvalue weighted by molar-refractivity contribution is -0.136. The summed E-state index contributed by atoms with van der Waals surface area (Å²) in [6.07, 6.45) is -3.10. The van der Waals surface area contributed by atoms with Gasteiger partial charge in [-0.25, -0.2) is 4.98 Å². The highest BCUT2D eigenvalue weighted by Crippen LogP contribution is 2.47. The van der Waals surface area contributed by atoms with Gasteiger partial charge < -0.3 is 4.52 Å². The second-order valence-corrected chi connectivity index (χ2v) is 8.94. The molecule has 5 rings (SSSR count). The fraction of sp³-hybridized carbons (Fsp3) is 0.143. The van der Waals surface area contributed by atoms with Gasteiger partial charge in [0.15, 0.2) is 5.01 Å². The van der Waals surface area contributed by atoms with Crippen molar-refractivity contribution in [3.63, 3.8) is 0 Å². The molecule has 0 bridgehead atoms. The van der Waals surface area contributed by atoms with Crippen LogP contribution in [-0.4, -0.2) is 10.1 Å². The van der Waals surface area contributed by atoms with Gasteiger partial charge in [0, 0.05) is 9.13 Å². The van der Waals surface area contributed by atoms with E-state index in [9.17, 15) is 13.2 Å². The smallest absolute Gasteiger partial charge is 0.352 e. The molecule has 8 heteroatoms. The maximum Gasteiger partial charge on any atom is 0.422 e. The second-order valence-electron chi connectivity index (χ2n) is 6.70. The molecule has 1 aliphatic rings. The third kappa shape index (κ3) is 3.28. The van der Waals surface area contributed by atoms with Crippen LogP contribution in [0.25, 0.3) is 32.5 Å². The molecule has 0 radical (unpaired) electrons. The SMILES string of the molecule is FC(F)(F)c1c(-c2ccccc2)noc1-c1nc2c(s1)-c1ccc(I)cc1CC2.